The maximum absolute atomic E-state index is 6.00. The monoisotopic (exact) mass is 532 g/mol. The van der Waals surface area contributed by atoms with Crippen molar-refractivity contribution < 1.29 is 4.74 Å². The summed E-state index contributed by atoms with van der Waals surface area (Å²) >= 11 is 0. The van der Waals surface area contributed by atoms with Crippen LogP contribution in [0.2, 0.25) is 0 Å². The highest BCUT2D eigenvalue weighted by molar-refractivity contribution is 14.0. The van der Waals surface area contributed by atoms with E-state index in [1.807, 2.05) is 13.1 Å². The van der Waals surface area contributed by atoms with Gasteiger partial charge in [-0.05, 0) is 36.0 Å². The highest BCUT2D eigenvalue weighted by Crippen LogP contribution is 2.33. The number of aromatic nitrogens is 1. The zero-order valence-corrected chi connectivity index (χ0v) is 20.7. The van der Waals surface area contributed by atoms with Crippen molar-refractivity contribution in [2.45, 2.75) is 32.3 Å². The van der Waals surface area contributed by atoms with Crippen LogP contribution in [0.1, 0.15) is 36.1 Å². The largest absolute Gasteiger partial charge is 0.373 e. The lowest BCUT2D eigenvalue weighted by atomic mass is 9.95. The van der Waals surface area contributed by atoms with E-state index in [2.05, 4.69) is 76.2 Å². The molecular weight excluding hydrogens is 499 g/mol. The van der Waals surface area contributed by atoms with Gasteiger partial charge in [-0.2, -0.15) is 0 Å². The van der Waals surface area contributed by atoms with E-state index in [0.717, 1.165) is 44.9 Å². The molecule has 1 aliphatic heterocycles. The Balaban J connectivity index is 0.00000272. The van der Waals surface area contributed by atoms with Crippen LogP contribution in [0, 0.1) is 5.92 Å². The Kier molecular flexibility index (Phi) is 8.78. The fourth-order valence-electron chi connectivity index (χ4n) is 4.39. The van der Waals surface area contributed by atoms with Gasteiger partial charge in [-0.1, -0.05) is 55.5 Å². The van der Waals surface area contributed by atoms with Crippen LogP contribution >= 0.6 is 24.0 Å². The van der Waals surface area contributed by atoms with E-state index in [1.54, 1.807) is 0 Å². The molecule has 2 unspecified atom stereocenters. The van der Waals surface area contributed by atoms with E-state index in [9.17, 15) is 0 Å². The van der Waals surface area contributed by atoms with E-state index >= 15 is 0 Å². The third-order valence-corrected chi connectivity index (χ3v) is 6.05. The third kappa shape index (κ3) is 5.60. The predicted octanol–water partition coefficient (Wildman–Crippen LogP) is 4.83. The Hall–Kier alpha value is -2.06. The fraction of sp³-hybridized carbons (Fsp3) is 0.400. The number of aliphatic imine (C=N–C) groups is 1. The Morgan fingerprint density at radius 1 is 1.10 bits per heavy atom. The number of aromatic amines is 1. The second-order valence-electron chi connectivity index (χ2n) is 7.89. The lowest BCUT2D eigenvalue weighted by molar-refractivity contribution is 0.0915. The molecule has 4 rings (SSSR count). The van der Waals surface area contributed by atoms with Gasteiger partial charge >= 0.3 is 0 Å². The van der Waals surface area contributed by atoms with Gasteiger partial charge in [0.05, 0.1) is 6.10 Å². The number of aryl methyl sites for hydroxylation is 1. The summed E-state index contributed by atoms with van der Waals surface area (Å²) in [5, 5.41) is 8.29. The van der Waals surface area contributed by atoms with Gasteiger partial charge in [-0.3, -0.25) is 4.99 Å². The van der Waals surface area contributed by atoms with Gasteiger partial charge in [0, 0.05) is 49.8 Å². The van der Waals surface area contributed by atoms with Crippen molar-refractivity contribution in [2.75, 3.05) is 26.7 Å². The molecule has 2 atom stereocenters. The Labute approximate surface area is 202 Å². The van der Waals surface area contributed by atoms with Crippen LogP contribution in [-0.2, 0) is 17.6 Å². The number of ether oxygens (including phenoxy) is 1. The number of fused-ring (bicyclic) bond motifs is 1. The summed E-state index contributed by atoms with van der Waals surface area (Å²) in [5.41, 5.74) is 5.24. The van der Waals surface area contributed by atoms with Gasteiger partial charge in [-0.25, -0.2) is 0 Å². The molecule has 0 saturated carbocycles. The van der Waals surface area contributed by atoms with Crippen molar-refractivity contribution in [2.24, 2.45) is 10.9 Å². The molecule has 0 amide bonds. The number of hydrogen-bond donors (Lipinski definition) is 3. The van der Waals surface area contributed by atoms with Gasteiger partial charge in [0.2, 0.25) is 0 Å². The molecule has 1 saturated heterocycles. The molecule has 3 N–H and O–H groups in total. The zero-order chi connectivity index (χ0) is 20.8. The minimum atomic E-state index is 0. The van der Waals surface area contributed by atoms with Crippen LogP contribution in [0.25, 0.3) is 10.9 Å². The highest BCUT2D eigenvalue weighted by Gasteiger charge is 2.29. The number of benzene rings is 2. The van der Waals surface area contributed by atoms with Crippen molar-refractivity contribution in [3.63, 3.8) is 0 Å². The van der Waals surface area contributed by atoms with Crippen molar-refractivity contribution >= 4 is 40.8 Å². The standard InChI is InChI=1S/C25H32N4O.HI/c1-3-18-10-7-11-22-20(16-28-23(18)22)12-14-27-25(26-2)29-17-21-13-15-30-24(21)19-8-5-4-6-9-19;/h4-11,16,21,24,28H,3,12-15,17H2,1-2H3,(H2,26,27,29);1H. The van der Waals surface area contributed by atoms with Crippen molar-refractivity contribution in [1.29, 1.82) is 0 Å². The second kappa shape index (κ2) is 11.5. The van der Waals surface area contributed by atoms with E-state index in [-0.39, 0.29) is 30.1 Å². The zero-order valence-electron chi connectivity index (χ0n) is 18.4. The lowest BCUT2D eigenvalue weighted by Gasteiger charge is -2.20. The van der Waals surface area contributed by atoms with Gasteiger partial charge in [0.1, 0.15) is 0 Å². The summed E-state index contributed by atoms with van der Waals surface area (Å²) in [4.78, 5) is 7.86. The lowest BCUT2D eigenvalue weighted by Crippen LogP contribution is -2.41. The minimum absolute atomic E-state index is 0. The van der Waals surface area contributed by atoms with E-state index < -0.39 is 0 Å². The molecule has 1 aliphatic rings. The SMILES string of the molecule is CCc1cccc2c(CCNC(=NC)NCC3CCOC3c3ccccc3)c[nH]c12.I. The molecule has 1 aromatic heterocycles. The average molecular weight is 532 g/mol. The summed E-state index contributed by atoms with van der Waals surface area (Å²) in [6.07, 6.45) is 5.37. The molecule has 0 spiro atoms. The molecule has 2 heterocycles. The van der Waals surface area contributed by atoms with Crippen molar-refractivity contribution in [3.05, 3.63) is 71.4 Å². The van der Waals surface area contributed by atoms with Crippen LogP contribution in [0.4, 0.5) is 0 Å². The molecular formula is C25H33IN4O. The van der Waals surface area contributed by atoms with Crippen molar-refractivity contribution in [1.82, 2.24) is 15.6 Å². The molecule has 0 bridgehead atoms. The first kappa shape index (κ1) is 23.6. The van der Waals surface area contributed by atoms with Crippen LogP contribution in [-0.4, -0.2) is 37.7 Å². The summed E-state index contributed by atoms with van der Waals surface area (Å²) in [5.74, 6) is 1.30. The van der Waals surface area contributed by atoms with Gasteiger partial charge < -0.3 is 20.4 Å². The van der Waals surface area contributed by atoms with Crippen LogP contribution in [0.3, 0.4) is 0 Å². The summed E-state index contributed by atoms with van der Waals surface area (Å²) in [6, 6.07) is 17.1. The molecule has 5 nitrogen and oxygen atoms in total. The molecule has 0 aliphatic carbocycles. The number of para-hydroxylation sites is 1. The average Bonchev–Trinajstić information content (AvgIpc) is 3.43. The third-order valence-electron chi connectivity index (χ3n) is 6.05. The molecule has 166 valence electrons. The maximum Gasteiger partial charge on any atom is 0.190 e. The second-order valence-corrected chi connectivity index (χ2v) is 7.89. The fourth-order valence-corrected chi connectivity index (χ4v) is 4.39. The van der Waals surface area contributed by atoms with E-state index in [4.69, 9.17) is 4.74 Å². The number of nitrogens with zero attached hydrogens (tertiary/aromatic N) is 1. The highest BCUT2D eigenvalue weighted by atomic mass is 127. The smallest absolute Gasteiger partial charge is 0.190 e. The number of H-pyrrole nitrogens is 1. The maximum atomic E-state index is 6.00. The number of rotatable bonds is 7. The first-order valence-electron chi connectivity index (χ1n) is 11.0. The van der Waals surface area contributed by atoms with Crippen LogP contribution in [0.5, 0.6) is 0 Å². The van der Waals surface area contributed by atoms with Crippen LogP contribution < -0.4 is 10.6 Å². The summed E-state index contributed by atoms with van der Waals surface area (Å²) in [6.45, 7) is 4.71. The minimum Gasteiger partial charge on any atom is -0.373 e. The Morgan fingerprint density at radius 3 is 2.71 bits per heavy atom. The number of halogens is 1. The predicted molar refractivity (Wildman–Crippen MR) is 139 cm³/mol. The van der Waals surface area contributed by atoms with E-state index in [1.165, 1.54) is 27.6 Å². The molecule has 2 aromatic carbocycles. The summed E-state index contributed by atoms with van der Waals surface area (Å²) < 4.78 is 6.00. The molecule has 6 heteroatoms. The Morgan fingerprint density at radius 2 is 1.94 bits per heavy atom. The van der Waals surface area contributed by atoms with Crippen molar-refractivity contribution in [3.8, 4) is 0 Å². The summed E-state index contributed by atoms with van der Waals surface area (Å²) in [7, 11) is 1.83. The quantitative estimate of drug-likeness (QED) is 0.232. The van der Waals surface area contributed by atoms with E-state index in [0.29, 0.717) is 5.92 Å². The van der Waals surface area contributed by atoms with Gasteiger partial charge in [0.25, 0.3) is 0 Å². The normalized spacial score (nSPS) is 18.7. The molecule has 31 heavy (non-hydrogen) atoms. The number of hydrogen-bond acceptors (Lipinski definition) is 2. The molecule has 1 fully saturated rings. The van der Waals surface area contributed by atoms with Gasteiger partial charge in [0.15, 0.2) is 5.96 Å². The van der Waals surface area contributed by atoms with Gasteiger partial charge in [-0.15, -0.1) is 24.0 Å². The molecule has 0 radical (unpaired) electrons. The number of nitrogens with one attached hydrogen (secondary N) is 3. The molecule has 3 aromatic rings. The topological polar surface area (TPSA) is 61.4 Å². The first-order chi connectivity index (χ1) is 14.8. The first-order valence-corrected chi connectivity index (χ1v) is 11.0. The number of guanidine groups is 1. The van der Waals surface area contributed by atoms with Crippen LogP contribution in [0.15, 0.2) is 59.7 Å². The Bertz CT molecular complexity index is 986.